The minimum absolute atomic E-state index is 0.336. The van der Waals surface area contributed by atoms with E-state index in [4.69, 9.17) is 0 Å². The predicted molar refractivity (Wildman–Crippen MR) is 122 cm³/mol. The van der Waals surface area contributed by atoms with Gasteiger partial charge >= 0.3 is 0 Å². The molecule has 1 saturated carbocycles. The number of fused-ring (bicyclic) bond motifs is 1. The largest absolute Gasteiger partial charge is 0.372 e. The summed E-state index contributed by atoms with van der Waals surface area (Å²) in [5.74, 6) is 0.819. The third kappa shape index (κ3) is 4.05. The van der Waals surface area contributed by atoms with E-state index in [9.17, 15) is 9.90 Å². The maximum Gasteiger partial charge on any atom is 0.262 e. The summed E-state index contributed by atoms with van der Waals surface area (Å²) in [5, 5.41) is 17.9. The van der Waals surface area contributed by atoms with Crippen LogP contribution in [-0.2, 0) is 16.9 Å². The van der Waals surface area contributed by atoms with Crippen LogP contribution < -0.4 is 10.6 Å². The van der Waals surface area contributed by atoms with Gasteiger partial charge in [-0.25, -0.2) is 0 Å². The summed E-state index contributed by atoms with van der Waals surface area (Å²) in [5.41, 5.74) is 0.669. The fourth-order valence-corrected chi connectivity index (χ4v) is 4.96. The van der Waals surface area contributed by atoms with E-state index in [1.165, 1.54) is 5.56 Å². The summed E-state index contributed by atoms with van der Waals surface area (Å²) in [7, 11) is 0. The van der Waals surface area contributed by atoms with Gasteiger partial charge in [0.25, 0.3) is 5.91 Å². The summed E-state index contributed by atoms with van der Waals surface area (Å²) >= 11 is 0. The molecule has 0 spiro atoms. The van der Waals surface area contributed by atoms with Gasteiger partial charge in [-0.05, 0) is 40.7 Å². The minimum Gasteiger partial charge on any atom is -0.372 e. The Morgan fingerprint density at radius 3 is 2.06 bits per heavy atom. The first kappa shape index (κ1) is 20.8. The SMILES string of the molecule is O=C(NCNC1[C@H]2CN(Cc3ccncc3)C[C@@H]12)C(O)(c1ccccc1)c1ccccc1. The van der Waals surface area contributed by atoms with Gasteiger partial charge in [0.2, 0.25) is 0 Å². The lowest BCUT2D eigenvalue weighted by Gasteiger charge is -2.28. The second kappa shape index (κ2) is 8.82. The molecule has 2 aromatic carbocycles. The molecule has 32 heavy (non-hydrogen) atoms. The molecular weight excluding hydrogens is 400 g/mol. The van der Waals surface area contributed by atoms with Crippen LogP contribution in [0.4, 0.5) is 0 Å². The highest BCUT2D eigenvalue weighted by atomic mass is 16.3. The second-order valence-electron chi connectivity index (χ2n) is 8.73. The Balaban J connectivity index is 1.16. The van der Waals surface area contributed by atoms with Crippen molar-refractivity contribution in [3.8, 4) is 0 Å². The molecule has 6 heteroatoms. The van der Waals surface area contributed by atoms with Crippen molar-refractivity contribution in [3.63, 3.8) is 0 Å². The number of nitrogens with one attached hydrogen (secondary N) is 2. The number of piperidine rings is 1. The number of benzene rings is 2. The lowest BCUT2D eigenvalue weighted by atomic mass is 9.85. The van der Waals surface area contributed by atoms with Gasteiger partial charge in [-0.15, -0.1) is 0 Å². The van der Waals surface area contributed by atoms with Crippen molar-refractivity contribution in [1.29, 1.82) is 0 Å². The average Bonchev–Trinajstić information content (AvgIpc) is 3.30. The van der Waals surface area contributed by atoms with Gasteiger partial charge in [0.05, 0.1) is 6.67 Å². The highest BCUT2D eigenvalue weighted by molar-refractivity contribution is 5.90. The third-order valence-electron chi connectivity index (χ3n) is 6.72. The standard InChI is InChI=1S/C26H28N4O2/c31-25(26(32,20-7-3-1-4-8-20)21-9-5-2-6-10-21)29-18-28-24-22-16-30(17-23(22)24)15-19-11-13-27-14-12-19/h1-14,22-24,28,32H,15-18H2,(H,29,31)/t22-,23+,24?. The average molecular weight is 429 g/mol. The van der Waals surface area contributed by atoms with E-state index >= 15 is 0 Å². The predicted octanol–water partition coefficient (Wildman–Crippen LogP) is 2.11. The van der Waals surface area contributed by atoms with Gasteiger partial charge in [0, 0.05) is 38.1 Å². The van der Waals surface area contributed by atoms with E-state index in [2.05, 4.69) is 32.7 Å². The number of hydrogen-bond acceptors (Lipinski definition) is 5. The van der Waals surface area contributed by atoms with Crippen LogP contribution in [0.25, 0.3) is 0 Å². The Bertz CT molecular complexity index is 994. The van der Waals surface area contributed by atoms with Crippen molar-refractivity contribution in [1.82, 2.24) is 20.5 Å². The fourth-order valence-electron chi connectivity index (χ4n) is 4.96. The van der Waals surface area contributed by atoms with Crippen molar-refractivity contribution in [2.45, 2.75) is 18.2 Å². The van der Waals surface area contributed by atoms with Crippen molar-refractivity contribution >= 4 is 5.91 Å². The number of amides is 1. The molecule has 0 radical (unpaired) electrons. The lowest BCUT2D eigenvalue weighted by Crippen LogP contribution is -2.48. The molecule has 5 rings (SSSR count). The summed E-state index contributed by atoms with van der Waals surface area (Å²) < 4.78 is 0. The minimum atomic E-state index is -1.73. The van der Waals surface area contributed by atoms with Crippen LogP contribution in [0.1, 0.15) is 16.7 Å². The number of rotatable bonds is 8. The van der Waals surface area contributed by atoms with Gasteiger partial charge < -0.3 is 10.4 Å². The van der Waals surface area contributed by atoms with E-state index < -0.39 is 11.5 Å². The Kier molecular flexibility index (Phi) is 5.74. The van der Waals surface area contributed by atoms with E-state index in [0.717, 1.165) is 19.6 Å². The molecule has 2 heterocycles. The fraction of sp³-hybridized carbons (Fsp3) is 0.308. The Hall–Kier alpha value is -3.06. The molecule has 6 nitrogen and oxygen atoms in total. The molecule has 2 aliphatic rings. The van der Waals surface area contributed by atoms with Gasteiger partial charge in [-0.3, -0.25) is 20.0 Å². The topological polar surface area (TPSA) is 77.5 Å². The summed E-state index contributed by atoms with van der Waals surface area (Å²) in [4.78, 5) is 19.7. The van der Waals surface area contributed by atoms with Crippen LogP contribution in [-0.4, -0.2) is 46.7 Å². The summed E-state index contributed by atoms with van der Waals surface area (Å²) in [6.45, 7) is 3.43. The number of carbonyl (C=O) groups is 1. The number of carbonyl (C=O) groups excluding carboxylic acids is 1. The van der Waals surface area contributed by atoms with Gasteiger partial charge in [-0.1, -0.05) is 60.7 Å². The Labute approximate surface area is 188 Å². The number of nitrogens with zero attached hydrogens (tertiary/aromatic N) is 2. The van der Waals surface area contributed by atoms with Crippen LogP contribution in [0.2, 0.25) is 0 Å². The van der Waals surface area contributed by atoms with Gasteiger partial charge in [0.1, 0.15) is 0 Å². The molecule has 0 bridgehead atoms. The number of likely N-dealkylation sites (tertiary alicyclic amines) is 1. The molecule has 1 unspecified atom stereocenters. The van der Waals surface area contributed by atoms with Crippen molar-refractivity contribution in [2.75, 3.05) is 19.8 Å². The smallest absolute Gasteiger partial charge is 0.262 e. The van der Waals surface area contributed by atoms with Crippen LogP contribution >= 0.6 is 0 Å². The first-order valence-electron chi connectivity index (χ1n) is 11.1. The lowest BCUT2D eigenvalue weighted by molar-refractivity contribution is -0.136. The zero-order chi connectivity index (χ0) is 22.0. The van der Waals surface area contributed by atoms with E-state index in [0.29, 0.717) is 35.7 Å². The molecule has 1 aromatic heterocycles. The van der Waals surface area contributed by atoms with Gasteiger partial charge in [-0.2, -0.15) is 0 Å². The number of aliphatic hydroxyl groups is 1. The number of hydrogen-bond donors (Lipinski definition) is 3. The van der Waals surface area contributed by atoms with Crippen molar-refractivity contribution < 1.29 is 9.90 Å². The zero-order valence-corrected chi connectivity index (χ0v) is 17.9. The summed E-state index contributed by atoms with van der Waals surface area (Å²) in [6, 6.07) is 22.7. The molecule has 164 valence electrons. The normalized spacial score (nSPS) is 22.3. The highest BCUT2D eigenvalue weighted by Gasteiger charge is 2.55. The molecule has 1 aliphatic heterocycles. The van der Waals surface area contributed by atoms with Crippen molar-refractivity contribution in [2.24, 2.45) is 11.8 Å². The Morgan fingerprint density at radius 1 is 0.938 bits per heavy atom. The maximum absolute atomic E-state index is 13.2. The molecule has 3 N–H and O–H groups in total. The molecule has 1 amide bonds. The van der Waals surface area contributed by atoms with E-state index in [1.807, 2.05) is 48.8 Å². The molecule has 1 aliphatic carbocycles. The monoisotopic (exact) mass is 428 g/mol. The molecule has 1 saturated heterocycles. The van der Waals surface area contributed by atoms with Gasteiger partial charge in [0.15, 0.2) is 5.60 Å². The first-order valence-corrected chi connectivity index (χ1v) is 11.1. The van der Waals surface area contributed by atoms with E-state index in [-0.39, 0.29) is 0 Å². The molecule has 3 aromatic rings. The van der Waals surface area contributed by atoms with Crippen LogP contribution in [0.5, 0.6) is 0 Å². The molecule has 2 fully saturated rings. The van der Waals surface area contributed by atoms with Crippen molar-refractivity contribution in [3.05, 3.63) is 102 Å². The first-order chi connectivity index (χ1) is 15.7. The zero-order valence-electron chi connectivity index (χ0n) is 17.9. The quantitative estimate of drug-likeness (QED) is 0.479. The highest BCUT2D eigenvalue weighted by Crippen LogP contribution is 2.45. The van der Waals surface area contributed by atoms with Crippen LogP contribution in [0.15, 0.2) is 85.2 Å². The van der Waals surface area contributed by atoms with E-state index in [1.54, 1.807) is 24.3 Å². The summed E-state index contributed by atoms with van der Waals surface area (Å²) in [6.07, 6.45) is 3.68. The third-order valence-corrected chi connectivity index (χ3v) is 6.72. The molecule has 3 atom stereocenters. The number of aromatic nitrogens is 1. The van der Waals surface area contributed by atoms with Crippen LogP contribution in [0.3, 0.4) is 0 Å². The maximum atomic E-state index is 13.2. The number of pyridine rings is 1. The Morgan fingerprint density at radius 2 is 1.50 bits per heavy atom. The van der Waals surface area contributed by atoms with Crippen LogP contribution in [0, 0.1) is 11.8 Å². The second-order valence-corrected chi connectivity index (χ2v) is 8.73. The molecular formula is C26H28N4O2.